The van der Waals surface area contributed by atoms with Crippen molar-refractivity contribution in [3.8, 4) is 0 Å². The number of methoxy groups -OCH3 is 1. The first-order chi connectivity index (χ1) is 12.2. The topological polar surface area (TPSA) is 62.7 Å². The fourth-order valence-electron chi connectivity index (χ4n) is 3.04. The Labute approximate surface area is 151 Å². The number of hydrogen-bond acceptors (Lipinski definition) is 3. The molecule has 5 nitrogen and oxygen atoms in total. The summed E-state index contributed by atoms with van der Waals surface area (Å²) >= 11 is 0. The quantitative estimate of drug-likeness (QED) is 0.296. The van der Waals surface area contributed by atoms with Gasteiger partial charge in [-0.1, -0.05) is 43.2 Å². The molecule has 0 spiro atoms. The Kier molecular flexibility index (Phi) is 7.76. The maximum absolute atomic E-state index is 11.0. The first-order valence-electron chi connectivity index (χ1n) is 9.27. The number of esters is 1. The molecule has 1 fully saturated rings. The third-order valence-electron chi connectivity index (χ3n) is 4.89. The molecule has 0 aliphatic heterocycles. The fraction of sp³-hybridized carbons (Fsp3) is 0.600. The molecule has 0 unspecified atom stereocenters. The Bertz CT molecular complexity index is 553. The molecule has 1 aromatic carbocycles. The number of guanidine groups is 1. The van der Waals surface area contributed by atoms with E-state index in [2.05, 4.69) is 50.7 Å². The van der Waals surface area contributed by atoms with Gasteiger partial charge in [-0.05, 0) is 31.2 Å². The summed E-state index contributed by atoms with van der Waals surface area (Å²) in [6.45, 7) is 1.83. The van der Waals surface area contributed by atoms with Crippen LogP contribution in [0, 0.1) is 0 Å². The minimum absolute atomic E-state index is 0.116. The maximum Gasteiger partial charge on any atom is 0.305 e. The standard InChI is InChI=1S/C20H31N3O2/c1-21-19(22-15-9-4-3-8-12-18(24)25-2)23-16-20(13-14-20)17-10-6-5-7-11-17/h5-7,10-11H,3-4,8-9,12-16H2,1-2H3,(H2,21,22,23). The summed E-state index contributed by atoms with van der Waals surface area (Å²) in [7, 11) is 3.25. The molecule has 2 rings (SSSR count). The molecular weight excluding hydrogens is 314 g/mol. The van der Waals surface area contributed by atoms with Crippen LogP contribution >= 0.6 is 0 Å². The third-order valence-corrected chi connectivity index (χ3v) is 4.89. The number of carbonyl (C=O) groups excluding carboxylic acids is 1. The summed E-state index contributed by atoms with van der Waals surface area (Å²) in [6.07, 6.45) is 7.14. The van der Waals surface area contributed by atoms with Crippen molar-refractivity contribution in [1.82, 2.24) is 10.6 Å². The fourth-order valence-corrected chi connectivity index (χ4v) is 3.04. The molecule has 0 heterocycles. The second kappa shape index (κ2) is 10.1. The molecule has 138 valence electrons. The molecule has 25 heavy (non-hydrogen) atoms. The van der Waals surface area contributed by atoms with Crippen LogP contribution in [0.15, 0.2) is 35.3 Å². The lowest BCUT2D eigenvalue weighted by Crippen LogP contribution is -2.41. The Hall–Kier alpha value is -2.04. The molecule has 0 aromatic heterocycles. The average Bonchev–Trinajstić information content (AvgIpc) is 3.45. The van der Waals surface area contributed by atoms with Crippen molar-refractivity contribution in [2.24, 2.45) is 4.99 Å². The Balaban J connectivity index is 1.59. The number of aliphatic imine (C=N–C) groups is 1. The van der Waals surface area contributed by atoms with Crippen LogP contribution in [0.25, 0.3) is 0 Å². The van der Waals surface area contributed by atoms with Crippen LogP contribution in [0.5, 0.6) is 0 Å². The molecule has 0 amide bonds. The van der Waals surface area contributed by atoms with E-state index >= 15 is 0 Å². The van der Waals surface area contributed by atoms with Gasteiger partial charge in [0, 0.05) is 32.0 Å². The lowest BCUT2D eigenvalue weighted by atomic mass is 9.96. The van der Waals surface area contributed by atoms with Gasteiger partial charge in [-0.25, -0.2) is 0 Å². The largest absolute Gasteiger partial charge is 0.469 e. The molecule has 1 aliphatic carbocycles. The van der Waals surface area contributed by atoms with E-state index in [0.29, 0.717) is 6.42 Å². The zero-order valence-electron chi connectivity index (χ0n) is 15.5. The second-order valence-electron chi connectivity index (χ2n) is 6.74. The Morgan fingerprint density at radius 2 is 1.84 bits per heavy atom. The minimum Gasteiger partial charge on any atom is -0.469 e. The van der Waals surface area contributed by atoms with Gasteiger partial charge in [0.2, 0.25) is 0 Å². The Morgan fingerprint density at radius 3 is 2.48 bits per heavy atom. The molecule has 0 radical (unpaired) electrons. The highest BCUT2D eigenvalue weighted by atomic mass is 16.5. The van der Waals surface area contributed by atoms with Crippen LogP contribution in [0.2, 0.25) is 0 Å². The summed E-state index contributed by atoms with van der Waals surface area (Å²) in [4.78, 5) is 15.3. The van der Waals surface area contributed by atoms with Crippen molar-refractivity contribution >= 4 is 11.9 Å². The van der Waals surface area contributed by atoms with Crippen molar-refractivity contribution in [3.63, 3.8) is 0 Å². The third kappa shape index (κ3) is 6.40. The van der Waals surface area contributed by atoms with Crippen LogP contribution in [0.4, 0.5) is 0 Å². The van der Waals surface area contributed by atoms with Gasteiger partial charge in [-0.2, -0.15) is 0 Å². The first kappa shape index (κ1) is 19.3. The van der Waals surface area contributed by atoms with Gasteiger partial charge in [0.05, 0.1) is 7.11 Å². The maximum atomic E-state index is 11.0. The number of benzene rings is 1. The van der Waals surface area contributed by atoms with E-state index < -0.39 is 0 Å². The molecular formula is C20H31N3O2. The van der Waals surface area contributed by atoms with E-state index in [1.165, 1.54) is 25.5 Å². The molecule has 2 N–H and O–H groups in total. The van der Waals surface area contributed by atoms with Gasteiger partial charge in [0.15, 0.2) is 5.96 Å². The summed E-state index contributed by atoms with van der Waals surface area (Å²) < 4.78 is 4.64. The summed E-state index contributed by atoms with van der Waals surface area (Å²) in [5.74, 6) is 0.756. The van der Waals surface area contributed by atoms with Crippen molar-refractivity contribution < 1.29 is 9.53 Å². The number of unbranched alkanes of at least 4 members (excludes halogenated alkanes) is 3. The molecule has 1 saturated carbocycles. The number of rotatable bonds is 10. The highest BCUT2D eigenvalue weighted by molar-refractivity contribution is 5.79. The van der Waals surface area contributed by atoms with Crippen molar-refractivity contribution in [2.75, 3.05) is 27.2 Å². The number of ether oxygens (including phenoxy) is 1. The molecule has 0 atom stereocenters. The minimum atomic E-state index is -0.116. The van der Waals surface area contributed by atoms with E-state index in [0.717, 1.165) is 44.7 Å². The predicted octanol–water partition coefficient (Wildman–Crippen LogP) is 3.01. The highest BCUT2D eigenvalue weighted by Crippen LogP contribution is 2.47. The molecule has 1 aromatic rings. The van der Waals surface area contributed by atoms with E-state index in [4.69, 9.17) is 0 Å². The summed E-state index contributed by atoms with van der Waals surface area (Å²) in [6, 6.07) is 10.7. The molecule has 0 saturated heterocycles. The van der Waals surface area contributed by atoms with Gasteiger partial charge < -0.3 is 15.4 Å². The van der Waals surface area contributed by atoms with Crippen LogP contribution in [0.1, 0.15) is 50.5 Å². The van der Waals surface area contributed by atoms with E-state index in [1.54, 1.807) is 0 Å². The van der Waals surface area contributed by atoms with Gasteiger partial charge in [0.25, 0.3) is 0 Å². The lowest BCUT2D eigenvalue weighted by molar-refractivity contribution is -0.140. The van der Waals surface area contributed by atoms with Crippen LogP contribution in [-0.4, -0.2) is 39.2 Å². The molecule has 5 heteroatoms. The number of carbonyl (C=O) groups is 1. The zero-order chi connectivity index (χ0) is 18.0. The highest BCUT2D eigenvalue weighted by Gasteiger charge is 2.43. The smallest absolute Gasteiger partial charge is 0.305 e. The van der Waals surface area contributed by atoms with Crippen LogP contribution in [0.3, 0.4) is 0 Å². The monoisotopic (exact) mass is 345 g/mol. The van der Waals surface area contributed by atoms with Crippen LogP contribution < -0.4 is 10.6 Å². The summed E-state index contributed by atoms with van der Waals surface area (Å²) in [5.41, 5.74) is 1.70. The van der Waals surface area contributed by atoms with Crippen molar-refractivity contribution in [3.05, 3.63) is 35.9 Å². The van der Waals surface area contributed by atoms with Crippen molar-refractivity contribution in [1.29, 1.82) is 0 Å². The van der Waals surface area contributed by atoms with Crippen molar-refractivity contribution in [2.45, 2.75) is 50.4 Å². The number of nitrogens with one attached hydrogen (secondary N) is 2. The van der Waals surface area contributed by atoms with Crippen LogP contribution in [-0.2, 0) is 14.9 Å². The van der Waals surface area contributed by atoms with Gasteiger partial charge in [-0.15, -0.1) is 0 Å². The SMILES string of the molecule is CN=C(NCCCCCCC(=O)OC)NCC1(c2ccccc2)CC1. The first-order valence-corrected chi connectivity index (χ1v) is 9.27. The van der Waals surface area contributed by atoms with E-state index in [-0.39, 0.29) is 11.4 Å². The van der Waals surface area contributed by atoms with E-state index in [1.807, 2.05) is 7.05 Å². The normalized spacial score (nSPS) is 15.5. The second-order valence-corrected chi connectivity index (χ2v) is 6.74. The Morgan fingerprint density at radius 1 is 1.12 bits per heavy atom. The predicted molar refractivity (Wildman–Crippen MR) is 102 cm³/mol. The summed E-state index contributed by atoms with van der Waals surface area (Å²) in [5, 5.41) is 6.85. The van der Waals surface area contributed by atoms with Gasteiger partial charge >= 0.3 is 5.97 Å². The van der Waals surface area contributed by atoms with Gasteiger partial charge in [-0.3, -0.25) is 9.79 Å². The average molecular weight is 345 g/mol. The van der Waals surface area contributed by atoms with Gasteiger partial charge in [0.1, 0.15) is 0 Å². The molecule has 0 bridgehead atoms. The number of hydrogen-bond donors (Lipinski definition) is 2. The molecule has 1 aliphatic rings. The zero-order valence-corrected chi connectivity index (χ0v) is 15.5. The van der Waals surface area contributed by atoms with E-state index in [9.17, 15) is 4.79 Å². The number of nitrogens with zero attached hydrogens (tertiary/aromatic N) is 1. The lowest BCUT2D eigenvalue weighted by Gasteiger charge is -2.19.